The molecule has 7 heteroatoms. The van der Waals surface area contributed by atoms with Gasteiger partial charge in [-0.25, -0.2) is 13.1 Å². The molecule has 0 aliphatic rings. The number of ether oxygens (including phenoxy) is 1. The van der Waals surface area contributed by atoms with Crippen LogP contribution >= 0.6 is 11.6 Å². The maximum atomic E-state index is 12.5. The van der Waals surface area contributed by atoms with Gasteiger partial charge in [0.15, 0.2) is 0 Å². The summed E-state index contributed by atoms with van der Waals surface area (Å²) in [6, 6.07) is 14.1. The van der Waals surface area contributed by atoms with E-state index in [-0.39, 0.29) is 22.2 Å². The molecule has 0 heterocycles. The summed E-state index contributed by atoms with van der Waals surface area (Å²) in [6.07, 6.45) is 1.07. The predicted octanol–water partition coefficient (Wildman–Crippen LogP) is 3.01. The summed E-state index contributed by atoms with van der Waals surface area (Å²) in [5.41, 5.74) is -0.100. The molecule has 0 spiro atoms. The monoisotopic (exact) mass is 383 g/mol. The minimum absolute atomic E-state index is 0.0543. The zero-order valence-electron chi connectivity index (χ0n) is 14.2. The molecule has 0 saturated heterocycles. The summed E-state index contributed by atoms with van der Waals surface area (Å²) in [5.74, 6) is 0.195. The zero-order chi connectivity index (χ0) is 18.5. The van der Waals surface area contributed by atoms with Crippen LogP contribution in [0.5, 0.6) is 5.75 Å². The number of sulfonamides is 1. The number of halogens is 1. The third kappa shape index (κ3) is 5.71. The van der Waals surface area contributed by atoms with E-state index in [9.17, 15) is 13.5 Å². The standard InChI is InChI=1S/C18H22ClNO4S/c1-18(21,11-10-14-6-4-3-5-7-14)13-20-25(22,23)17-12-15(19)8-9-16(17)24-2/h3-9,12,20-21H,10-11,13H2,1-2H3. The maximum absolute atomic E-state index is 12.5. The summed E-state index contributed by atoms with van der Waals surface area (Å²) in [6.45, 7) is 1.49. The molecule has 0 saturated carbocycles. The molecule has 1 unspecified atom stereocenters. The van der Waals surface area contributed by atoms with Crippen molar-refractivity contribution in [2.24, 2.45) is 0 Å². The van der Waals surface area contributed by atoms with Crippen molar-refractivity contribution in [3.63, 3.8) is 0 Å². The Labute approximate surface area is 153 Å². The van der Waals surface area contributed by atoms with Crippen LogP contribution in [0, 0.1) is 0 Å². The highest BCUT2D eigenvalue weighted by molar-refractivity contribution is 7.89. The molecule has 2 aromatic carbocycles. The second-order valence-electron chi connectivity index (χ2n) is 6.10. The molecular weight excluding hydrogens is 362 g/mol. The molecule has 0 radical (unpaired) electrons. The van der Waals surface area contributed by atoms with Crippen molar-refractivity contribution in [3.05, 3.63) is 59.1 Å². The quantitative estimate of drug-likeness (QED) is 0.734. The van der Waals surface area contributed by atoms with Gasteiger partial charge in [-0.3, -0.25) is 0 Å². The van der Waals surface area contributed by atoms with Crippen LogP contribution in [0.15, 0.2) is 53.4 Å². The van der Waals surface area contributed by atoms with Crippen LogP contribution in [0.3, 0.4) is 0 Å². The van der Waals surface area contributed by atoms with Crippen molar-refractivity contribution >= 4 is 21.6 Å². The van der Waals surface area contributed by atoms with Gasteiger partial charge in [-0.05, 0) is 43.5 Å². The molecule has 5 nitrogen and oxygen atoms in total. The van der Waals surface area contributed by atoms with E-state index in [0.717, 1.165) is 5.56 Å². The van der Waals surface area contributed by atoms with Crippen molar-refractivity contribution in [3.8, 4) is 5.75 Å². The Morgan fingerprint density at radius 2 is 1.88 bits per heavy atom. The summed E-state index contributed by atoms with van der Waals surface area (Å²) < 4.78 is 32.6. The van der Waals surface area contributed by atoms with E-state index in [1.54, 1.807) is 13.0 Å². The summed E-state index contributed by atoms with van der Waals surface area (Å²) in [7, 11) is -2.47. The highest BCUT2D eigenvalue weighted by Crippen LogP contribution is 2.27. The molecule has 2 N–H and O–H groups in total. The van der Waals surface area contributed by atoms with Crippen LogP contribution in [0.4, 0.5) is 0 Å². The lowest BCUT2D eigenvalue weighted by Gasteiger charge is -2.24. The summed E-state index contributed by atoms with van der Waals surface area (Å²) in [4.78, 5) is -0.0543. The molecule has 0 aliphatic carbocycles. The van der Waals surface area contributed by atoms with Gasteiger partial charge in [0, 0.05) is 11.6 Å². The normalized spacial score (nSPS) is 14.1. The fourth-order valence-corrected chi connectivity index (χ4v) is 3.93. The van der Waals surface area contributed by atoms with Crippen molar-refractivity contribution in [2.75, 3.05) is 13.7 Å². The number of aryl methyl sites for hydroxylation is 1. The lowest BCUT2D eigenvalue weighted by atomic mass is 9.97. The first kappa shape index (κ1) is 19.7. The Kier molecular flexibility index (Phi) is 6.46. The van der Waals surface area contributed by atoms with Gasteiger partial charge in [-0.2, -0.15) is 0 Å². The first-order valence-electron chi connectivity index (χ1n) is 7.83. The van der Waals surface area contributed by atoms with Crippen molar-refractivity contribution in [1.82, 2.24) is 4.72 Å². The van der Waals surface area contributed by atoms with Gasteiger partial charge in [0.05, 0.1) is 12.7 Å². The Morgan fingerprint density at radius 1 is 1.20 bits per heavy atom. The topological polar surface area (TPSA) is 75.6 Å². The van der Waals surface area contributed by atoms with Crippen LogP contribution in [-0.4, -0.2) is 32.8 Å². The summed E-state index contributed by atoms with van der Waals surface area (Å²) >= 11 is 5.89. The van der Waals surface area contributed by atoms with Gasteiger partial charge < -0.3 is 9.84 Å². The van der Waals surface area contributed by atoms with Crippen LogP contribution in [0.2, 0.25) is 5.02 Å². The second kappa shape index (κ2) is 8.19. The van der Waals surface area contributed by atoms with Gasteiger partial charge in [-0.1, -0.05) is 41.9 Å². The highest BCUT2D eigenvalue weighted by Gasteiger charge is 2.26. The van der Waals surface area contributed by atoms with Crippen LogP contribution in [-0.2, 0) is 16.4 Å². The predicted molar refractivity (Wildman–Crippen MR) is 98.6 cm³/mol. The van der Waals surface area contributed by atoms with Crippen LogP contribution < -0.4 is 9.46 Å². The number of methoxy groups -OCH3 is 1. The minimum atomic E-state index is -3.86. The number of hydrogen-bond donors (Lipinski definition) is 2. The van der Waals surface area contributed by atoms with E-state index in [2.05, 4.69) is 4.72 Å². The Hall–Kier alpha value is -1.60. The van der Waals surface area contributed by atoms with Gasteiger partial charge in [0.2, 0.25) is 10.0 Å². The summed E-state index contributed by atoms with van der Waals surface area (Å²) in [5, 5.41) is 10.8. The SMILES string of the molecule is COc1ccc(Cl)cc1S(=O)(=O)NCC(C)(O)CCc1ccccc1. The van der Waals surface area contributed by atoms with Gasteiger partial charge >= 0.3 is 0 Å². The zero-order valence-corrected chi connectivity index (χ0v) is 15.8. The molecule has 0 fully saturated rings. The Balaban J connectivity index is 2.04. The molecule has 1 atom stereocenters. The first-order chi connectivity index (χ1) is 11.7. The number of benzene rings is 2. The van der Waals surface area contributed by atoms with E-state index in [4.69, 9.17) is 16.3 Å². The average molecular weight is 384 g/mol. The molecule has 0 aromatic heterocycles. The Morgan fingerprint density at radius 3 is 2.52 bits per heavy atom. The largest absolute Gasteiger partial charge is 0.495 e. The molecule has 25 heavy (non-hydrogen) atoms. The van der Waals surface area contributed by atoms with E-state index in [1.807, 2.05) is 30.3 Å². The van der Waals surface area contributed by atoms with E-state index >= 15 is 0 Å². The molecule has 0 bridgehead atoms. The first-order valence-corrected chi connectivity index (χ1v) is 9.69. The molecule has 2 aromatic rings. The van der Waals surface area contributed by atoms with E-state index < -0.39 is 15.6 Å². The van der Waals surface area contributed by atoms with Crippen LogP contribution in [0.25, 0.3) is 0 Å². The number of rotatable bonds is 8. The molecule has 2 rings (SSSR count). The average Bonchev–Trinajstić information content (AvgIpc) is 2.59. The Bertz CT molecular complexity index is 807. The van der Waals surface area contributed by atoms with Crippen molar-refractivity contribution in [2.45, 2.75) is 30.3 Å². The van der Waals surface area contributed by atoms with Crippen LogP contribution in [0.1, 0.15) is 18.9 Å². The van der Waals surface area contributed by atoms with Crippen molar-refractivity contribution < 1.29 is 18.3 Å². The highest BCUT2D eigenvalue weighted by atomic mass is 35.5. The number of hydrogen-bond acceptors (Lipinski definition) is 4. The van der Waals surface area contributed by atoms with Gasteiger partial charge in [0.1, 0.15) is 10.6 Å². The van der Waals surface area contributed by atoms with Crippen molar-refractivity contribution in [1.29, 1.82) is 0 Å². The minimum Gasteiger partial charge on any atom is -0.495 e. The molecule has 0 aliphatic heterocycles. The van der Waals surface area contributed by atoms with E-state index in [0.29, 0.717) is 12.8 Å². The number of nitrogens with one attached hydrogen (secondary N) is 1. The van der Waals surface area contributed by atoms with Gasteiger partial charge in [-0.15, -0.1) is 0 Å². The van der Waals surface area contributed by atoms with E-state index in [1.165, 1.54) is 19.2 Å². The fourth-order valence-electron chi connectivity index (χ4n) is 2.34. The number of aliphatic hydroxyl groups is 1. The lowest BCUT2D eigenvalue weighted by Crippen LogP contribution is -2.41. The molecular formula is C18H22ClNO4S. The maximum Gasteiger partial charge on any atom is 0.244 e. The second-order valence-corrected chi connectivity index (χ2v) is 8.27. The third-order valence-electron chi connectivity index (χ3n) is 3.85. The smallest absolute Gasteiger partial charge is 0.244 e. The fraction of sp³-hybridized carbons (Fsp3) is 0.333. The van der Waals surface area contributed by atoms with Gasteiger partial charge in [0.25, 0.3) is 0 Å². The lowest BCUT2D eigenvalue weighted by molar-refractivity contribution is 0.0565. The third-order valence-corrected chi connectivity index (χ3v) is 5.51. The molecule has 0 amide bonds. The molecule has 136 valence electrons.